The van der Waals surface area contributed by atoms with Crippen molar-refractivity contribution in [3.8, 4) is 17.2 Å². The number of alkyl halides is 3. The summed E-state index contributed by atoms with van der Waals surface area (Å²) in [7, 11) is -4.35. The van der Waals surface area contributed by atoms with Crippen molar-refractivity contribution in [2.45, 2.75) is 37.9 Å². The number of nitro groups is 1. The van der Waals surface area contributed by atoms with Gasteiger partial charge in [0.2, 0.25) is 11.7 Å². The second-order valence-electron chi connectivity index (χ2n) is 10.7. The van der Waals surface area contributed by atoms with Crippen molar-refractivity contribution in [2.75, 3.05) is 25.1 Å². The maximum atomic E-state index is 12.6. The molecule has 2 heterocycles. The number of amides is 2. The normalized spacial score (nSPS) is 12.8. The van der Waals surface area contributed by atoms with Gasteiger partial charge in [0.15, 0.2) is 0 Å². The van der Waals surface area contributed by atoms with Crippen molar-refractivity contribution in [3.05, 3.63) is 104 Å². The highest BCUT2D eigenvalue weighted by Crippen LogP contribution is 2.38. The molecule has 1 aliphatic rings. The van der Waals surface area contributed by atoms with Gasteiger partial charge in [-0.05, 0) is 63.2 Å². The number of urea groups is 1. The van der Waals surface area contributed by atoms with E-state index in [1.165, 1.54) is 42.5 Å². The van der Waals surface area contributed by atoms with Crippen molar-refractivity contribution in [3.63, 3.8) is 0 Å². The number of carbonyl (C=O) groups is 2. The molecule has 0 aliphatic carbocycles. The molecule has 0 atom stereocenters. The van der Waals surface area contributed by atoms with E-state index in [2.05, 4.69) is 15.3 Å². The number of nitrogens with one attached hydrogen (secondary N) is 2. The summed E-state index contributed by atoms with van der Waals surface area (Å²) in [6.45, 7) is 5.80. The monoisotopic (exact) mass is 767 g/mol. The third-order valence-corrected chi connectivity index (χ3v) is 8.31. The molecular formula is C32H29ClF3N5O10S. The lowest BCUT2D eigenvalue weighted by Crippen LogP contribution is -2.39. The lowest BCUT2D eigenvalue weighted by Gasteiger charge is -2.25. The first kappa shape index (κ1) is 39.3. The number of ether oxygens (including phenoxy) is 4. The smallest absolute Gasteiger partial charge is 0.416 e. The number of aryl methyl sites for hydroxylation is 2. The van der Waals surface area contributed by atoms with E-state index >= 15 is 0 Å². The highest BCUT2D eigenvalue weighted by atomic mass is 35.5. The number of esters is 1. The van der Waals surface area contributed by atoms with Crippen LogP contribution in [0.25, 0.3) is 0 Å². The van der Waals surface area contributed by atoms with Gasteiger partial charge in [-0.2, -0.15) is 13.2 Å². The number of sulfonamides is 1. The van der Waals surface area contributed by atoms with Crippen LogP contribution in [0.1, 0.15) is 34.2 Å². The number of rotatable bonds is 10. The number of aromatic nitrogens is 2. The van der Waals surface area contributed by atoms with E-state index in [0.717, 1.165) is 18.2 Å². The third-order valence-electron chi connectivity index (χ3n) is 6.63. The van der Waals surface area contributed by atoms with Gasteiger partial charge in [0.1, 0.15) is 22.5 Å². The van der Waals surface area contributed by atoms with Crippen molar-refractivity contribution in [2.24, 2.45) is 0 Å². The molecule has 2 amide bonds. The van der Waals surface area contributed by atoms with Crippen LogP contribution in [0.4, 0.5) is 29.6 Å². The summed E-state index contributed by atoms with van der Waals surface area (Å²) in [4.78, 5) is 42.3. The second kappa shape index (κ2) is 16.7. The topological polar surface area (TPSA) is 198 Å². The molecule has 0 bridgehead atoms. The number of nitro benzene ring substituents is 1. The molecule has 0 saturated carbocycles. The van der Waals surface area contributed by atoms with Crippen molar-refractivity contribution in [1.29, 1.82) is 0 Å². The van der Waals surface area contributed by atoms with Gasteiger partial charge in [0, 0.05) is 23.5 Å². The minimum atomic E-state index is -4.52. The molecular weight excluding hydrogens is 739 g/mol. The SMILES string of the molecule is CCOc1cc(Oc2ccc(C(F)(F)F)cc2Cl)ccc1[N+](=O)[O-].Cc1cc(C)nc(NC(=O)NS(=O)(=O)c2ccccc2C(=O)OC2COC2)n1. The summed E-state index contributed by atoms with van der Waals surface area (Å²) in [6, 6.07) is 12.5. The Morgan fingerprint density at radius 3 is 2.27 bits per heavy atom. The molecule has 1 aromatic heterocycles. The fourth-order valence-corrected chi connectivity index (χ4v) is 5.64. The largest absolute Gasteiger partial charge is 0.487 e. The molecule has 1 saturated heterocycles. The Labute approximate surface area is 299 Å². The van der Waals surface area contributed by atoms with Crippen LogP contribution in [-0.4, -0.2) is 61.2 Å². The van der Waals surface area contributed by atoms with Crippen LogP contribution < -0.4 is 19.5 Å². The van der Waals surface area contributed by atoms with E-state index in [1.807, 2.05) is 4.72 Å². The zero-order valence-corrected chi connectivity index (χ0v) is 29.0. The van der Waals surface area contributed by atoms with Crippen LogP contribution in [0.5, 0.6) is 17.2 Å². The minimum absolute atomic E-state index is 0.0111. The molecule has 1 fully saturated rings. The van der Waals surface area contributed by atoms with E-state index in [0.29, 0.717) is 11.4 Å². The molecule has 52 heavy (non-hydrogen) atoms. The number of hydrogen-bond donors (Lipinski definition) is 2. The number of hydrogen-bond acceptors (Lipinski definition) is 12. The maximum Gasteiger partial charge on any atom is 0.416 e. The van der Waals surface area contributed by atoms with E-state index < -0.39 is 44.8 Å². The Balaban J connectivity index is 0.000000236. The van der Waals surface area contributed by atoms with Crippen LogP contribution in [0.3, 0.4) is 0 Å². The van der Waals surface area contributed by atoms with E-state index in [9.17, 15) is 41.3 Å². The summed E-state index contributed by atoms with van der Waals surface area (Å²) in [5, 5.41) is 12.9. The van der Waals surface area contributed by atoms with Crippen molar-refractivity contribution in [1.82, 2.24) is 14.7 Å². The first-order valence-corrected chi connectivity index (χ1v) is 16.8. The van der Waals surface area contributed by atoms with Gasteiger partial charge < -0.3 is 18.9 Å². The number of nitrogens with zero attached hydrogens (tertiary/aromatic N) is 3. The van der Waals surface area contributed by atoms with Gasteiger partial charge in [-0.25, -0.2) is 32.7 Å². The molecule has 3 aromatic carbocycles. The Morgan fingerprint density at radius 2 is 1.69 bits per heavy atom. The highest BCUT2D eigenvalue weighted by molar-refractivity contribution is 7.90. The van der Waals surface area contributed by atoms with Crippen LogP contribution in [-0.2, 0) is 25.7 Å². The molecule has 0 radical (unpaired) electrons. The summed E-state index contributed by atoms with van der Waals surface area (Å²) < 4.78 is 85.5. The highest BCUT2D eigenvalue weighted by Gasteiger charge is 2.31. The average Bonchev–Trinajstić information content (AvgIpc) is 3.03. The molecule has 276 valence electrons. The molecule has 20 heteroatoms. The molecule has 0 spiro atoms. The van der Waals surface area contributed by atoms with Gasteiger partial charge in [-0.3, -0.25) is 15.4 Å². The quantitative estimate of drug-likeness (QED) is 0.0995. The number of halogens is 4. The standard InChI is InChI=1S/C17H18N4O6S.C15H11ClF3NO4/c1-10-7-11(2)19-16(18-10)20-17(23)21-28(24,25)14-6-4-3-5-13(14)15(22)27-12-8-26-9-12;1-2-23-14-8-10(4-5-12(14)20(21)22)24-13-6-3-9(7-11(13)16)15(17,18)19/h3-7,12H,8-9H2,1-2H3,(H2,18,19,20,21,23);3-8H,2H2,1H3. The van der Waals surface area contributed by atoms with Crippen molar-refractivity contribution >= 4 is 45.3 Å². The fraction of sp³-hybridized carbons (Fsp3) is 0.250. The summed E-state index contributed by atoms with van der Waals surface area (Å²) in [6.07, 6.45) is -4.93. The number of carbonyl (C=O) groups excluding carboxylic acids is 2. The lowest BCUT2D eigenvalue weighted by atomic mass is 10.2. The summed E-state index contributed by atoms with van der Waals surface area (Å²) in [5.41, 5.74) is -0.115. The van der Waals surface area contributed by atoms with Crippen molar-refractivity contribution < 1.29 is 55.0 Å². The second-order valence-corrected chi connectivity index (χ2v) is 12.7. The predicted molar refractivity (Wildman–Crippen MR) is 178 cm³/mol. The van der Waals surface area contributed by atoms with Crippen LogP contribution in [0.2, 0.25) is 5.02 Å². The summed E-state index contributed by atoms with van der Waals surface area (Å²) in [5.74, 6) is -0.732. The molecule has 1 aliphatic heterocycles. The predicted octanol–water partition coefficient (Wildman–Crippen LogP) is 6.62. The molecule has 2 N–H and O–H groups in total. The number of anilines is 1. The van der Waals surface area contributed by atoms with E-state index in [4.69, 9.17) is 30.5 Å². The van der Waals surface area contributed by atoms with E-state index in [1.54, 1.807) is 26.8 Å². The molecule has 4 aromatic rings. The number of benzene rings is 3. The summed E-state index contributed by atoms with van der Waals surface area (Å²) >= 11 is 5.80. The molecule has 0 unspecified atom stereocenters. The fourth-order valence-electron chi connectivity index (χ4n) is 4.32. The zero-order chi connectivity index (χ0) is 38.2. The van der Waals surface area contributed by atoms with Crippen LogP contribution in [0.15, 0.2) is 71.6 Å². The lowest BCUT2D eigenvalue weighted by molar-refractivity contribution is -0.385. The van der Waals surface area contributed by atoms with Crippen LogP contribution >= 0.6 is 11.6 Å². The van der Waals surface area contributed by atoms with Gasteiger partial charge in [-0.15, -0.1) is 0 Å². The van der Waals surface area contributed by atoms with Gasteiger partial charge in [-0.1, -0.05) is 23.7 Å². The van der Waals surface area contributed by atoms with Gasteiger partial charge in [0.05, 0.1) is 40.9 Å². The molecule has 15 nitrogen and oxygen atoms in total. The van der Waals surface area contributed by atoms with Gasteiger partial charge >= 0.3 is 23.9 Å². The third kappa shape index (κ3) is 10.5. The minimum Gasteiger partial charge on any atom is -0.487 e. The van der Waals surface area contributed by atoms with E-state index in [-0.39, 0.29) is 64.2 Å². The Hall–Kier alpha value is -5.53. The Kier molecular flexibility index (Phi) is 12.6. The first-order chi connectivity index (χ1) is 24.5. The average molecular weight is 768 g/mol. The first-order valence-electron chi connectivity index (χ1n) is 15.0. The van der Waals surface area contributed by atoms with Gasteiger partial charge in [0.25, 0.3) is 10.0 Å². The van der Waals surface area contributed by atoms with Crippen LogP contribution in [0, 0.1) is 24.0 Å². The Morgan fingerprint density at radius 1 is 1.02 bits per heavy atom. The zero-order valence-electron chi connectivity index (χ0n) is 27.4. The maximum absolute atomic E-state index is 12.6. The molecule has 5 rings (SSSR count). The Bertz CT molecular complexity index is 2060.